The minimum absolute atomic E-state index is 0.0656. The molecule has 3 N–H and O–H groups in total. The van der Waals surface area contributed by atoms with Crippen molar-refractivity contribution in [2.45, 2.75) is 19.8 Å². The van der Waals surface area contributed by atoms with E-state index in [2.05, 4.69) is 39.7 Å². The van der Waals surface area contributed by atoms with Crippen LogP contribution in [0.25, 0.3) is 11.4 Å². The van der Waals surface area contributed by atoms with E-state index >= 15 is 0 Å². The number of anilines is 1. The van der Waals surface area contributed by atoms with E-state index in [1.54, 1.807) is 6.08 Å². The molecule has 1 amide bonds. The molecule has 1 aliphatic rings. The quantitative estimate of drug-likeness (QED) is 0.801. The SMILES string of the molecule is CC(C)c1nc(-c2cccc(NC3=CC(=O)NC3)c2)n[nH]1. The highest BCUT2D eigenvalue weighted by atomic mass is 16.1. The van der Waals surface area contributed by atoms with Gasteiger partial charge in [0.05, 0.1) is 6.54 Å². The largest absolute Gasteiger partial charge is 0.357 e. The summed E-state index contributed by atoms with van der Waals surface area (Å²) in [5.74, 6) is 1.80. The highest BCUT2D eigenvalue weighted by molar-refractivity contribution is 5.91. The average molecular weight is 283 g/mol. The molecule has 1 aliphatic heterocycles. The number of hydrogen-bond acceptors (Lipinski definition) is 4. The van der Waals surface area contributed by atoms with E-state index in [1.807, 2.05) is 24.3 Å². The van der Waals surface area contributed by atoms with Crippen LogP contribution in [0.3, 0.4) is 0 Å². The van der Waals surface area contributed by atoms with Crippen LogP contribution in [0, 0.1) is 0 Å². The number of carbonyl (C=O) groups is 1. The van der Waals surface area contributed by atoms with Gasteiger partial charge in [-0.15, -0.1) is 0 Å². The maximum absolute atomic E-state index is 11.1. The van der Waals surface area contributed by atoms with Crippen molar-refractivity contribution >= 4 is 11.6 Å². The topological polar surface area (TPSA) is 82.7 Å². The second-order valence-electron chi connectivity index (χ2n) is 5.29. The molecular weight excluding hydrogens is 266 g/mol. The lowest BCUT2D eigenvalue weighted by molar-refractivity contribution is -0.115. The van der Waals surface area contributed by atoms with E-state index < -0.39 is 0 Å². The van der Waals surface area contributed by atoms with Crippen molar-refractivity contribution in [3.05, 3.63) is 41.9 Å². The Morgan fingerprint density at radius 1 is 1.33 bits per heavy atom. The summed E-state index contributed by atoms with van der Waals surface area (Å²) in [4.78, 5) is 15.6. The zero-order valence-electron chi connectivity index (χ0n) is 12.0. The van der Waals surface area contributed by atoms with Crippen LogP contribution >= 0.6 is 0 Å². The molecular formula is C15H17N5O. The van der Waals surface area contributed by atoms with Gasteiger partial charge in [-0.05, 0) is 12.1 Å². The normalized spacial score (nSPS) is 14.2. The maximum Gasteiger partial charge on any atom is 0.246 e. The molecule has 6 nitrogen and oxygen atoms in total. The number of aromatic amines is 1. The fourth-order valence-electron chi connectivity index (χ4n) is 2.11. The summed E-state index contributed by atoms with van der Waals surface area (Å²) in [7, 11) is 0. The van der Waals surface area contributed by atoms with Crippen molar-refractivity contribution in [1.29, 1.82) is 0 Å². The molecule has 3 rings (SSSR count). The molecule has 0 bridgehead atoms. The molecule has 2 heterocycles. The van der Waals surface area contributed by atoms with Gasteiger partial charge >= 0.3 is 0 Å². The molecule has 0 radical (unpaired) electrons. The van der Waals surface area contributed by atoms with Gasteiger partial charge in [-0.3, -0.25) is 9.89 Å². The summed E-state index contributed by atoms with van der Waals surface area (Å²) in [5, 5.41) is 13.2. The second kappa shape index (κ2) is 5.40. The summed E-state index contributed by atoms with van der Waals surface area (Å²) in [6.07, 6.45) is 1.57. The molecule has 0 spiro atoms. The molecule has 6 heteroatoms. The van der Waals surface area contributed by atoms with Crippen molar-refractivity contribution < 1.29 is 4.79 Å². The predicted octanol–water partition coefficient (Wildman–Crippen LogP) is 2.02. The van der Waals surface area contributed by atoms with Crippen LogP contribution in [0.1, 0.15) is 25.6 Å². The van der Waals surface area contributed by atoms with Crippen LogP contribution < -0.4 is 10.6 Å². The monoisotopic (exact) mass is 283 g/mol. The van der Waals surface area contributed by atoms with Gasteiger partial charge in [-0.2, -0.15) is 5.10 Å². The fourth-order valence-corrected chi connectivity index (χ4v) is 2.11. The molecule has 0 aliphatic carbocycles. The van der Waals surface area contributed by atoms with Crippen LogP contribution in [0.4, 0.5) is 5.69 Å². The third-order valence-electron chi connectivity index (χ3n) is 3.23. The Morgan fingerprint density at radius 3 is 2.86 bits per heavy atom. The summed E-state index contributed by atoms with van der Waals surface area (Å²) < 4.78 is 0. The van der Waals surface area contributed by atoms with E-state index in [0.717, 1.165) is 22.8 Å². The summed E-state index contributed by atoms with van der Waals surface area (Å²) in [6.45, 7) is 4.67. The fraction of sp³-hybridized carbons (Fsp3) is 0.267. The lowest BCUT2D eigenvalue weighted by Crippen LogP contribution is -2.16. The molecule has 2 aromatic rings. The van der Waals surface area contributed by atoms with Gasteiger partial charge in [0.1, 0.15) is 5.82 Å². The number of nitrogens with one attached hydrogen (secondary N) is 3. The van der Waals surface area contributed by atoms with Crippen molar-refractivity contribution in [3.8, 4) is 11.4 Å². The Balaban J connectivity index is 1.82. The smallest absolute Gasteiger partial charge is 0.246 e. The summed E-state index contributed by atoms with van der Waals surface area (Å²) in [6, 6.07) is 7.82. The third kappa shape index (κ3) is 2.94. The van der Waals surface area contributed by atoms with Gasteiger partial charge < -0.3 is 10.6 Å². The number of hydrogen-bond donors (Lipinski definition) is 3. The van der Waals surface area contributed by atoms with Crippen LogP contribution in [-0.2, 0) is 4.79 Å². The molecule has 0 fully saturated rings. The number of aromatic nitrogens is 3. The minimum Gasteiger partial charge on any atom is -0.357 e. The van der Waals surface area contributed by atoms with E-state index in [9.17, 15) is 4.79 Å². The summed E-state index contributed by atoms with van der Waals surface area (Å²) >= 11 is 0. The Labute approximate surface area is 122 Å². The maximum atomic E-state index is 11.1. The van der Waals surface area contributed by atoms with Crippen LogP contribution in [-0.4, -0.2) is 27.6 Å². The van der Waals surface area contributed by atoms with Gasteiger partial charge in [0.2, 0.25) is 5.91 Å². The lowest BCUT2D eigenvalue weighted by Gasteiger charge is -2.07. The van der Waals surface area contributed by atoms with Crippen molar-refractivity contribution in [2.24, 2.45) is 0 Å². The van der Waals surface area contributed by atoms with Crippen LogP contribution in [0.5, 0.6) is 0 Å². The molecule has 0 saturated heterocycles. The van der Waals surface area contributed by atoms with Crippen molar-refractivity contribution in [3.63, 3.8) is 0 Å². The standard InChI is InChI=1S/C15H17N5O/c1-9(2)14-18-15(20-19-14)10-4-3-5-11(6-10)17-12-7-13(21)16-8-12/h3-7,9,17H,8H2,1-2H3,(H,16,21)(H,18,19,20). The van der Waals surface area contributed by atoms with E-state index in [-0.39, 0.29) is 5.91 Å². The zero-order valence-corrected chi connectivity index (χ0v) is 12.0. The number of carbonyl (C=O) groups excluding carboxylic acids is 1. The van der Waals surface area contributed by atoms with Gasteiger partial charge in [-0.1, -0.05) is 26.0 Å². The average Bonchev–Trinajstić information content (AvgIpc) is 3.08. The van der Waals surface area contributed by atoms with Crippen LogP contribution in [0.15, 0.2) is 36.0 Å². The molecule has 0 saturated carbocycles. The predicted molar refractivity (Wildman–Crippen MR) is 80.6 cm³/mol. The van der Waals surface area contributed by atoms with E-state index in [0.29, 0.717) is 18.3 Å². The zero-order chi connectivity index (χ0) is 14.8. The van der Waals surface area contributed by atoms with Gasteiger partial charge in [0.15, 0.2) is 5.82 Å². The number of rotatable bonds is 4. The molecule has 108 valence electrons. The third-order valence-corrected chi connectivity index (χ3v) is 3.23. The lowest BCUT2D eigenvalue weighted by atomic mass is 10.2. The molecule has 1 aromatic carbocycles. The number of nitrogens with zero attached hydrogens (tertiary/aromatic N) is 2. The number of H-pyrrole nitrogens is 1. The first-order valence-corrected chi connectivity index (χ1v) is 6.90. The Kier molecular flexibility index (Phi) is 3.43. The Hall–Kier alpha value is -2.63. The van der Waals surface area contributed by atoms with Crippen molar-refractivity contribution in [1.82, 2.24) is 20.5 Å². The first-order valence-electron chi connectivity index (χ1n) is 6.90. The molecule has 21 heavy (non-hydrogen) atoms. The van der Waals surface area contributed by atoms with Gasteiger partial charge in [0.25, 0.3) is 0 Å². The first kappa shape index (κ1) is 13.4. The second-order valence-corrected chi connectivity index (χ2v) is 5.29. The molecule has 1 aromatic heterocycles. The molecule has 0 atom stereocenters. The van der Waals surface area contributed by atoms with Gasteiger partial charge in [0, 0.05) is 28.9 Å². The van der Waals surface area contributed by atoms with Crippen molar-refractivity contribution in [2.75, 3.05) is 11.9 Å². The Morgan fingerprint density at radius 2 is 2.19 bits per heavy atom. The first-order chi connectivity index (χ1) is 10.1. The van der Waals surface area contributed by atoms with E-state index in [1.165, 1.54) is 0 Å². The van der Waals surface area contributed by atoms with Gasteiger partial charge in [-0.25, -0.2) is 4.98 Å². The highest BCUT2D eigenvalue weighted by Gasteiger charge is 2.12. The van der Waals surface area contributed by atoms with Crippen LogP contribution in [0.2, 0.25) is 0 Å². The minimum atomic E-state index is -0.0656. The number of benzene rings is 1. The summed E-state index contributed by atoms with van der Waals surface area (Å²) in [5.41, 5.74) is 2.70. The highest BCUT2D eigenvalue weighted by Crippen LogP contribution is 2.22. The van der Waals surface area contributed by atoms with E-state index in [4.69, 9.17) is 0 Å². The molecule has 0 unspecified atom stereocenters. The Bertz CT molecular complexity index is 702. The number of amides is 1.